The van der Waals surface area contributed by atoms with E-state index < -0.39 is 18.3 Å². The molecule has 0 atom stereocenters. The summed E-state index contributed by atoms with van der Waals surface area (Å²) >= 11 is 0. The Morgan fingerprint density at radius 3 is 1.17 bits per heavy atom. The first-order valence-electron chi connectivity index (χ1n) is 34.8. The number of benzene rings is 8. The maximum atomic E-state index is 12.7. The summed E-state index contributed by atoms with van der Waals surface area (Å²) in [5.41, 5.74) is 10.4. The van der Waals surface area contributed by atoms with Crippen LogP contribution in [0, 0.1) is 6.92 Å². The molecular weight excluding hydrogens is 1330 g/mol. The Labute approximate surface area is 615 Å². The first-order chi connectivity index (χ1) is 51.6. The van der Waals surface area contributed by atoms with Gasteiger partial charge in [0.15, 0.2) is 63.3 Å². The molecule has 0 saturated heterocycles. The molecule has 12 aromatic rings. The van der Waals surface area contributed by atoms with Gasteiger partial charge in [-0.2, -0.15) is 0 Å². The quantitative estimate of drug-likeness (QED) is 0.0888. The number of hydrogen-bond donors (Lipinski definition) is 0. The number of carbonyl (C=O) groups excluding carboxylic acids is 4. The Hall–Kier alpha value is -13.4. The molecule has 3 amide bonds. The standard InChI is InChI=1S/C27H23NO3.C22H20N2O3.C21H18N2O3.C17H18N2O3/c1-2-3-17-25(29)31-27-23-15-9-18-28(23)22-14-6-7-16-24(22)30-26(27)21-13-8-11-19-10-4-5-12-20(19)21;1-15-10-12-16(13-11-15)20-21(27-22(25)23(2)3)18-8-6-14-24(18)17-7-4-5-9-19(17)26-20;1-22(2)21(24)26-20-17-12-8-14-23(17)16-11-6-7-13-18(16)25-19(20)15-9-4-3-5-10-15;1-4-14-16(22-17(20)18(2)3)13-9-7-11-19(13)12-8-5-6-10-15(12)21-14/h4-16,18H,2-3,17H2,1H3;4-14H,1-3H3;3-14H,1-2H3;5-11H,4H2,1-3H3. The minimum absolute atomic E-state index is 0.253. The van der Waals surface area contributed by atoms with E-state index >= 15 is 0 Å². The summed E-state index contributed by atoms with van der Waals surface area (Å²) in [7, 11) is 9.91. The maximum Gasteiger partial charge on any atom is 0.414 e. The highest BCUT2D eigenvalue weighted by Gasteiger charge is 2.32. The van der Waals surface area contributed by atoms with Gasteiger partial charge in [0.1, 0.15) is 5.76 Å². The molecular formula is C87H79N7O12. The number of rotatable bonds is 11. The van der Waals surface area contributed by atoms with Gasteiger partial charge in [-0.1, -0.05) is 171 Å². The number of ether oxygens (including phenoxy) is 8. The molecule has 4 aliphatic rings. The number of amides is 3. The highest BCUT2D eigenvalue weighted by Crippen LogP contribution is 2.44. The molecule has 0 N–H and O–H groups in total. The van der Waals surface area contributed by atoms with Crippen molar-refractivity contribution in [1.29, 1.82) is 0 Å². The molecule has 0 bridgehead atoms. The van der Waals surface area contributed by atoms with Crippen LogP contribution in [0.15, 0.2) is 273 Å². The van der Waals surface area contributed by atoms with Crippen molar-refractivity contribution in [3.8, 4) is 45.7 Å². The number of fused-ring (bicyclic) bond motifs is 13. The van der Waals surface area contributed by atoms with Crippen LogP contribution >= 0.6 is 0 Å². The number of carbonyl (C=O) groups is 4. The first kappa shape index (κ1) is 71.0. The van der Waals surface area contributed by atoms with Crippen molar-refractivity contribution in [3.05, 3.63) is 318 Å². The molecule has 106 heavy (non-hydrogen) atoms. The molecule has 4 aromatic heterocycles. The SMILES string of the molecule is CCC1=C(OC(=O)N(C)C)c2cccn2-c2ccccc2O1.CCCCC(=O)OC1=C(c2cccc3ccccc23)Oc2ccccc2-n2cccc21.CN(C)C(=O)OC1=C(c2ccccc2)Oc2ccccc2-n2cccc21.Cc1ccc(C2=C(OC(=O)N(C)C)c3cccn3-c3ccccc3O2)cc1. The zero-order valence-corrected chi connectivity index (χ0v) is 60.3. The van der Waals surface area contributed by atoms with Gasteiger partial charge < -0.3 is 70.9 Å². The Morgan fingerprint density at radius 2 is 0.726 bits per heavy atom. The molecule has 0 radical (unpaired) electrons. The molecule has 0 saturated carbocycles. The van der Waals surface area contributed by atoms with E-state index in [0.717, 1.165) is 97.1 Å². The molecule has 19 heteroatoms. The Bertz CT molecular complexity index is 5370. The number of esters is 1. The second kappa shape index (κ2) is 31.9. The van der Waals surface area contributed by atoms with Crippen LogP contribution in [-0.2, 0) is 23.7 Å². The van der Waals surface area contributed by atoms with E-state index in [4.69, 9.17) is 37.9 Å². The molecule has 8 aromatic carbocycles. The molecule has 0 unspecified atom stereocenters. The molecule has 0 aliphatic carbocycles. The van der Waals surface area contributed by atoms with E-state index in [0.29, 0.717) is 76.2 Å². The number of nitrogens with zero attached hydrogens (tertiary/aromatic N) is 7. The third kappa shape index (κ3) is 15.1. The Morgan fingerprint density at radius 1 is 0.358 bits per heavy atom. The van der Waals surface area contributed by atoms with Gasteiger partial charge in [-0.25, -0.2) is 14.4 Å². The molecule has 534 valence electrons. The summed E-state index contributed by atoms with van der Waals surface area (Å²) in [4.78, 5) is 53.6. The van der Waals surface area contributed by atoms with Crippen molar-refractivity contribution in [2.45, 2.75) is 46.5 Å². The lowest BCUT2D eigenvalue weighted by molar-refractivity contribution is -0.136. The fourth-order valence-electron chi connectivity index (χ4n) is 12.1. The number of hydrogen-bond acceptors (Lipinski definition) is 12. The molecule has 16 rings (SSSR count). The molecule has 0 fully saturated rings. The second-order valence-corrected chi connectivity index (χ2v) is 25.5. The van der Waals surface area contributed by atoms with E-state index in [-0.39, 0.29) is 5.97 Å². The van der Waals surface area contributed by atoms with Gasteiger partial charge in [-0.05, 0) is 121 Å². The predicted molar refractivity (Wildman–Crippen MR) is 411 cm³/mol. The number of aryl methyl sites for hydroxylation is 1. The van der Waals surface area contributed by atoms with Crippen molar-refractivity contribution in [3.63, 3.8) is 0 Å². The van der Waals surface area contributed by atoms with E-state index in [1.54, 1.807) is 42.3 Å². The smallest absolute Gasteiger partial charge is 0.414 e. The predicted octanol–water partition coefficient (Wildman–Crippen LogP) is 19.3. The summed E-state index contributed by atoms with van der Waals surface area (Å²) in [6.45, 7) is 6.06. The lowest BCUT2D eigenvalue weighted by atomic mass is 10.0. The van der Waals surface area contributed by atoms with E-state index in [1.165, 1.54) is 14.7 Å². The topological polar surface area (TPSA) is 172 Å². The highest BCUT2D eigenvalue weighted by atomic mass is 16.6. The first-order valence-corrected chi connectivity index (χ1v) is 34.8. The lowest BCUT2D eigenvalue weighted by Gasteiger charge is -2.16. The average molecular weight is 1410 g/mol. The van der Waals surface area contributed by atoms with Crippen molar-refractivity contribution < 1.29 is 57.1 Å². The minimum atomic E-state index is -0.462. The third-order valence-electron chi connectivity index (χ3n) is 17.5. The van der Waals surface area contributed by atoms with Crippen molar-refractivity contribution in [1.82, 2.24) is 33.0 Å². The summed E-state index contributed by atoms with van der Waals surface area (Å²) in [6.07, 6.45) is 9.11. The summed E-state index contributed by atoms with van der Waals surface area (Å²) < 4.78 is 56.0. The zero-order valence-electron chi connectivity index (χ0n) is 60.3. The number of unbranched alkanes of at least 4 members (excludes halogenated alkanes) is 1. The van der Waals surface area contributed by atoms with Gasteiger partial charge in [0.05, 0.1) is 45.5 Å². The average Bonchev–Trinajstić information content (AvgIpc) is 1.59. The second-order valence-electron chi connectivity index (χ2n) is 25.5. The van der Waals surface area contributed by atoms with Crippen LogP contribution < -0.4 is 18.9 Å². The monoisotopic (exact) mass is 1410 g/mol. The lowest BCUT2D eigenvalue weighted by Crippen LogP contribution is -2.23. The largest absolute Gasteiger partial charge is 0.456 e. The van der Waals surface area contributed by atoms with Crippen molar-refractivity contribution in [2.24, 2.45) is 0 Å². The number of aromatic nitrogens is 4. The summed E-state index contributed by atoms with van der Waals surface area (Å²) in [5, 5.41) is 2.14. The number of para-hydroxylation sites is 8. The summed E-state index contributed by atoms with van der Waals surface area (Å²) in [6, 6.07) is 78.4. The number of allylic oxidation sites excluding steroid dienone is 1. The van der Waals surface area contributed by atoms with Crippen LogP contribution in [0.4, 0.5) is 14.4 Å². The van der Waals surface area contributed by atoms with Crippen LogP contribution in [0.3, 0.4) is 0 Å². The van der Waals surface area contributed by atoms with Gasteiger partial charge in [-0.3, -0.25) is 4.79 Å². The van der Waals surface area contributed by atoms with Crippen LogP contribution in [-0.4, -0.2) is 99.5 Å². The molecule has 19 nitrogen and oxygen atoms in total. The van der Waals surface area contributed by atoms with Gasteiger partial charge >= 0.3 is 24.2 Å². The molecule has 8 heterocycles. The third-order valence-corrected chi connectivity index (χ3v) is 17.5. The minimum Gasteiger partial charge on any atom is -0.456 e. The highest BCUT2D eigenvalue weighted by molar-refractivity contribution is 6.00. The molecule has 4 aliphatic heterocycles. The summed E-state index contributed by atoms with van der Waals surface area (Å²) in [5.74, 6) is 6.47. The van der Waals surface area contributed by atoms with Gasteiger partial charge in [0.2, 0.25) is 0 Å². The maximum absolute atomic E-state index is 12.7. The van der Waals surface area contributed by atoms with Crippen molar-refractivity contribution in [2.75, 3.05) is 42.3 Å². The fourth-order valence-corrected chi connectivity index (χ4v) is 12.1. The van der Waals surface area contributed by atoms with Gasteiger partial charge in [0, 0.05) is 96.6 Å². The fraction of sp³-hybridized carbons (Fsp3) is 0.149. The van der Waals surface area contributed by atoms with E-state index in [9.17, 15) is 19.2 Å². The van der Waals surface area contributed by atoms with Crippen LogP contribution in [0.25, 0.3) is 73.8 Å². The molecule has 0 spiro atoms. The van der Waals surface area contributed by atoms with E-state index in [2.05, 4.69) is 25.1 Å². The zero-order chi connectivity index (χ0) is 74.0. The van der Waals surface area contributed by atoms with E-state index in [1.807, 2.05) is 281 Å². The van der Waals surface area contributed by atoms with Gasteiger partial charge in [-0.15, -0.1) is 0 Å². The Balaban J connectivity index is 0.000000126. The van der Waals surface area contributed by atoms with Crippen LogP contribution in [0.2, 0.25) is 0 Å². The van der Waals surface area contributed by atoms with Crippen LogP contribution in [0.5, 0.6) is 23.0 Å². The Kier molecular flexibility index (Phi) is 21.3. The van der Waals surface area contributed by atoms with Crippen LogP contribution in [0.1, 0.15) is 84.6 Å². The van der Waals surface area contributed by atoms with Gasteiger partial charge in [0.25, 0.3) is 0 Å². The normalized spacial score (nSPS) is 12.7. The van der Waals surface area contributed by atoms with Crippen molar-refractivity contribution >= 4 is 75.3 Å².